The van der Waals surface area contributed by atoms with E-state index in [4.69, 9.17) is 9.98 Å². The third kappa shape index (κ3) is 5.79. The van der Waals surface area contributed by atoms with Gasteiger partial charge in [0.2, 0.25) is 0 Å². The van der Waals surface area contributed by atoms with Crippen LogP contribution in [0.3, 0.4) is 0 Å². The summed E-state index contributed by atoms with van der Waals surface area (Å²) in [6.07, 6.45) is 8.96. The molecule has 2 aliphatic rings. The topological polar surface area (TPSA) is 60.8 Å². The molecule has 5 nitrogen and oxygen atoms in total. The molecule has 1 saturated carbocycles. The summed E-state index contributed by atoms with van der Waals surface area (Å²) in [4.78, 5) is 13.4. The number of thiazole rings is 1. The quantitative estimate of drug-likeness (QED) is 0.361. The molecule has 27 heavy (non-hydrogen) atoms. The molecule has 0 aliphatic heterocycles. The third-order valence-electron chi connectivity index (χ3n) is 5.83. The molecule has 1 aromatic rings. The van der Waals surface area contributed by atoms with Crippen molar-refractivity contribution >= 4 is 41.3 Å². The molecule has 0 saturated heterocycles. The Bertz CT molecular complexity index is 612. The van der Waals surface area contributed by atoms with Gasteiger partial charge >= 0.3 is 0 Å². The molecule has 3 rings (SSSR count). The van der Waals surface area contributed by atoms with Crippen molar-refractivity contribution in [2.24, 2.45) is 10.4 Å². The number of hydrogen-bond donors (Lipinski definition) is 2. The lowest BCUT2D eigenvalue weighted by Crippen LogP contribution is -2.42. The van der Waals surface area contributed by atoms with Gasteiger partial charge in [0.15, 0.2) is 5.96 Å². The SMILES string of the molecule is CCNC(=NCC1(C)CCCCC1O)N(C)Cc1nc2c(s1)CCCC2.I. The van der Waals surface area contributed by atoms with E-state index in [1.165, 1.54) is 41.3 Å². The van der Waals surface area contributed by atoms with Crippen LogP contribution in [0.2, 0.25) is 0 Å². The van der Waals surface area contributed by atoms with Crippen LogP contribution in [0.5, 0.6) is 0 Å². The second-order valence-corrected chi connectivity index (χ2v) is 9.29. The molecular weight excluding hydrogens is 471 g/mol. The lowest BCUT2D eigenvalue weighted by atomic mass is 9.73. The van der Waals surface area contributed by atoms with Crippen LogP contribution in [-0.2, 0) is 19.4 Å². The number of aliphatic hydroxyl groups is 1. The van der Waals surface area contributed by atoms with Crippen LogP contribution >= 0.6 is 35.3 Å². The summed E-state index contributed by atoms with van der Waals surface area (Å²) in [5.41, 5.74) is 1.23. The molecular formula is C20H35IN4OS. The second-order valence-electron chi connectivity index (χ2n) is 8.13. The van der Waals surface area contributed by atoms with Crippen molar-refractivity contribution in [2.75, 3.05) is 20.1 Å². The van der Waals surface area contributed by atoms with Gasteiger partial charge in [0, 0.05) is 23.9 Å². The summed E-state index contributed by atoms with van der Waals surface area (Å²) in [5, 5.41) is 15.0. The van der Waals surface area contributed by atoms with Crippen molar-refractivity contribution in [3.63, 3.8) is 0 Å². The lowest BCUT2D eigenvalue weighted by Gasteiger charge is -2.37. The van der Waals surface area contributed by atoms with Gasteiger partial charge < -0.3 is 15.3 Å². The van der Waals surface area contributed by atoms with Crippen molar-refractivity contribution in [3.8, 4) is 0 Å². The Hall–Kier alpha value is -0.410. The number of nitrogens with zero attached hydrogens (tertiary/aromatic N) is 3. The van der Waals surface area contributed by atoms with Gasteiger partial charge in [-0.05, 0) is 45.4 Å². The van der Waals surface area contributed by atoms with E-state index in [0.717, 1.165) is 44.7 Å². The highest BCUT2D eigenvalue weighted by Crippen LogP contribution is 2.36. The summed E-state index contributed by atoms with van der Waals surface area (Å²) in [5.74, 6) is 0.916. The van der Waals surface area contributed by atoms with Crippen LogP contribution < -0.4 is 5.32 Å². The first kappa shape index (κ1) is 22.9. The van der Waals surface area contributed by atoms with E-state index in [0.29, 0.717) is 6.54 Å². The Kier molecular flexibility index (Phi) is 8.80. The molecule has 2 aliphatic carbocycles. The highest BCUT2D eigenvalue weighted by molar-refractivity contribution is 14.0. The van der Waals surface area contributed by atoms with Crippen molar-refractivity contribution in [1.29, 1.82) is 0 Å². The second kappa shape index (κ2) is 10.4. The first-order chi connectivity index (χ1) is 12.5. The fourth-order valence-corrected chi connectivity index (χ4v) is 5.25. The molecule has 7 heteroatoms. The van der Waals surface area contributed by atoms with Gasteiger partial charge in [0.1, 0.15) is 5.01 Å². The van der Waals surface area contributed by atoms with Crippen molar-refractivity contribution in [3.05, 3.63) is 15.6 Å². The van der Waals surface area contributed by atoms with Crippen molar-refractivity contribution < 1.29 is 5.11 Å². The number of aryl methyl sites for hydroxylation is 2. The van der Waals surface area contributed by atoms with Crippen molar-refractivity contribution in [2.45, 2.75) is 77.9 Å². The number of halogens is 1. The summed E-state index contributed by atoms with van der Waals surface area (Å²) in [7, 11) is 2.08. The zero-order valence-corrected chi connectivity index (χ0v) is 20.1. The molecule has 0 aromatic carbocycles. The van der Waals surface area contributed by atoms with Crippen LogP contribution in [0.15, 0.2) is 4.99 Å². The van der Waals surface area contributed by atoms with Crippen LogP contribution in [0, 0.1) is 5.41 Å². The Morgan fingerprint density at radius 1 is 1.33 bits per heavy atom. The largest absolute Gasteiger partial charge is 0.392 e. The Labute approximate surface area is 185 Å². The first-order valence-electron chi connectivity index (χ1n) is 10.2. The monoisotopic (exact) mass is 506 g/mol. The summed E-state index contributed by atoms with van der Waals surface area (Å²) < 4.78 is 0. The molecule has 0 radical (unpaired) electrons. The molecule has 0 bridgehead atoms. The molecule has 2 unspecified atom stereocenters. The van der Waals surface area contributed by atoms with E-state index in [1.54, 1.807) is 0 Å². The zero-order chi connectivity index (χ0) is 18.6. The van der Waals surface area contributed by atoms with Gasteiger partial charge in [-0.15, -0.1) is 35.3 Å². The maximum Gasteiger partial charge on any atom is 0.194 e. The molecule has 2 atom stereocenters. The van der Waals surface area contributed by atoms with Gasteiger partial charge in [-0.3, -0.25) is 4.99 Å². The van der Waals surface area contributed by atoms with E-state index in [-0.39, 0.29) is 35.5 Å². The van der Waals surface area contributed by atoms with E-state index < -0.39 is 0 Å². The Morgan fingerprint density at radius 2 is 2.11 bits per heavy atom. The highest BCUT2D eigenvalue weighted by Gasteiger charge is 2.35. The van der Waals surface area contributed by atoms with Gasteiger partial charge in [-0.2, -0.15) is 0 Å². The Morgan fingerprint density at radius 3 is 2.81 bits per heavy atom. The molecule has 154 valence electrons. The predicted octanol–water partition coefficient (Wildman–Crippen LogP) is 3.98. The molecule has 2 N–H and O–H groups in total. The van der Waals surface area contributed by atoms with Gasteiger partial charge in [0.05, 0.1) is 24.9 Å². The van der Waals surface area contributed by atoms with Crippen LogP contribution in [0.4, 0.5) is 0 Å². The number of aliphatic hydroxyl groups excluding tert-OH is 1. The summed E-state index contributed by atoms with van der Waals surface area (Å²) in [6, 6.07) is 0. The number of hydrogen-bond acceptors (Lipinski definition) is 4. The van der Waals surface area contributed by atoms with E-state index in [2.05, 4.69) is 31.1 Å². The minimum Gasteiger partial charge on any atom is -0.392 e. The number of rotatable bonds is 5. The standard InChI is InChI=1S/C20H34N4OS.HI/c1-4-21-19(22-14-20(2)12-8-7-11-17(20)25)24(3)13-18-23-15-9-5-6-10-16(15)26-18;/h17,25H,4-14H2,1-3H3,(H,21,22);1H. The maximum absolute atomic E-state index is 10.4. The molecule has 1 aromatic heterocycles. The normalized spacial score (nSPS) is 25.5. The zero-order valence-electron chi connectivity index (χ0n) is 17.0. The number of nitrogens with one attached hydrogen (secondary N) is 1. The van der Waals surface area contributed by atoms with Gasteiger partial charge in [-0.1, -0.05) is 19.8 Å². The van der Waals surface area contributed by atoms with Gasteiger partial charge in [0.25, 0.3) is 0 Å². The minimum atomic E-state index is -0.237. The maximum atomic E-state index is 10.4. The smallest absolute Gasteiger partial charge is 0.194 e. The first-order valence-corrected chi connectivity index (χ1v) is 11.0. The number of aliphatic imine (C=N–C) groups is 1. The molecule has 0 amide bonds. The fourth-order valence-electron chi connectivity index (χ4n) is 4.04. The third-order valence-corrected chi connectivity index (χ3v) is 6.97. The minimum absolute atomic E-state index is 0. The van der Waals surface area contributed by atoms with Crippen LogP contribution in [0.25, 0.3) is 0 Å². The number of aromatic nitrogens is 1. The number of guanidine groups is 1. The molecule has 1 fully saturated rings. The summed E-state index contributed by atoms with van der Waals surface area (Å²) in [6.45, 7) is 6.59. The molecule has 0 spiro atoms. The fraction of sp³-hybridized carbons (Fsp3) is 0.800. The molecule has 1 heterocycles. The summed E-state index contributed by atoms with van der Waals surface area (Å²) >= 11 is 1.87. The lowest BCUT2D eigenvalue weighted by molar-refractivity contribution is 0.00705. The van der Waals surface area contributed by atoms with Crippen LogP contribution in [0.1, 0.15) is 68.0 Å². The van der Waals surface area contributed by atoms with Gasteiger partial charge in [-0.25, -0.2) is 4.98 Å². The van der Waals surface area contributed by atoms with Crippen LogP contribution in [-0.4, -0.2) is 47.2 Å². The Balaban J connectivity index is 0.00000261. The van der Waals surface area contributed by atoms with E-state index in [1.807, 2.05) is 11.3 Å². The van der Waals surface area contributed by atoms with E-state index >= 15 is 0 Å². The number of fused-ring (bicyclic) bond motifs is 1. The average Bonchev–Trinajstić information content (AvgIpc) is 3.03. The van der Waals surface area contributed by atoms with E-state index in [9.17, 15) is 5.11 Å². The highest BCUT2D eigenvalue weighted by atomic mass is 127. The average molecular weight is 506 g/mol. The predicted molar refractivity (Wildman–Crippen MR) is 124 cm³/mol. The van der Waals surface area contributed by atoms with Crippen molar-refractivity contribution in [1.82, 2.24) is 15.2 Å².